The second kappa shape index (κ2) is 7.82. The number of hydrogen-bond acceptors (Lipinski definition) is 6. The quantitative estimate of drug-likeness (QED) is 0.426. The molecule has 31 heavy (non-hydrogen) atoms. The molecule has 0 saturated carbocycles. The number of nitrogens with zero attached hydrogens (tertiary/aromatic N) is 3. The Morgan fingerprint density at radius 1 is 1.16 bits per heavy atom. The van der Waals surface area contributed by atoms with Crippen molar-refractivity contribution in [2.24, 2.45) is 7.05 Å². The van der Waals surface area contributed by atoms with Crippen LogP contribution in [0.2, 0.25) is 0 Å². The first-order valence-corrected chi connectivity index (χ1v) is 9.28. The summed E-state index contributed by atoms with van der Waals surface area (Å²) in [6.45, 7) is -0.331. The Hall–Kier alpha value is -4.34. The molecule has 4 rings (SSSR count). The van der Waals surface area contributed by atoms with Crippen molar-refractivity contribution in [3.05, 3.63) is 70.0 Å². The summed E-state index contributed by atoms with van der Waals surface area (Å²) in [5.41, 5.74) is 0.574. The lowest BCUT2D eigenvalue weighted by Gasteiger charge is -2.10. The van der Waals surface area contributed by atoms with Gasteiger partial charge in [0, 0.05) is 13.1 Å². The van der Waals surface area contributed by atoms with Crippen LogP contribution in [-0.4, -0.2) is 42.8 Å². The number of benzene rings is 2. The van der Waals surface area contributed by atoms with Crippen LogP contribution in [0.1, 0.15) is 15.9 Å². The lowest BCUT2D eigenvalue weighted by atomic mass is 10.2. The molecule has 2 heterocycles. The molecule has 0 aliphatic heterocycles. The molecule has 4 aromatic rings. The standard InChI is InChI=1S/C21H18N4O6/c1-24-21(30)17(20(29)22-10-16(26)27)18(28)19-23-14-9-13(7-8-15(14)25(19)24)31-11-12-5-3-2-4-6-12/h2-9,28H,10-11H2,1H3,(H,22,29)(H,26,27). The highest BCUT2D eigenvalue weighted by Crippen LogP contribution is 2.27. The molecule has 0 spiro atoms. The van der Waals surface area contributed by atoms with Crippen LogP contribution in [0.4, 0.5) is 0 Å². The molecule has 2 aromatic heterocycles. The van der Waals surface area contributed by atoms with Gasteiger partial charge in [-0.1, -0.05) is 30.3 Å². The van der Waals surface area contributed by atoms with E-state index in [9.17, 15) is 19.5 Å². The Kier molecular flexibility index (Phi) is 5.04. The molecule has 0 aliphatic carbocycles. The SMILES string of the molecule is Cn1c(=O)c(C(=O)NCC(=O)O)c(O)c2nc3cc(OCc4ccccc4)ccc3n21. The van der Waals surface area contributed by atoms with Gasteiger partial charge in [-0.05, 0) is 17.7 Å². The third-order valence-corrected chi connectivity index (χ3v) is 4.73. The predicted octanol–water partition coefficient (Wildman–Crippen LogP) is 1.29. The molecule has 0 aliphatic rings. The first-order valence-electron chi connectivity index (χ1n) is 9.28. The number of carbonyl (C=O) groups excluding carboxylic acids is 1. The highest BCUT2D eigenvalue weighted by Gasteiger charge is 2.24. The number of carboxylic acid groups (broad SMARTS) is 1. The fraction of sp³-hybridized carbons (Fsp3) is 0.143. The summed E-state index contributed by atoms with van der Waals surface area (Å²) in [4.78, 5) is 40.0. The van der Waals surface area contributed by atoms with E-state index in [1.165, 1.54) is 11.6 Å². The van der Waals surface area contributed by atoms with Gasteiger partial charge in [0.2, 0.25) is 0 Å². The number of carbonyl (C=O) groups is 2. The van der Waals surface area contributed by atoms with Crippen molar-refractivity contribution in [1.29, 1.82) is 0 Å². The van der Waals surface area contributed by atoms with Crippen molar-refractivity contribution in [3.63, 3.8) is 0 Å². The molecular formula is C21H18N4O6. The number of ether oxygens (including phenoxy) is 1. The molecule has 2 aromatic carbocycles. The van der Waals surface area contributed by atoms with E-state index >= 15 is 0 Å². The normalized spacial score (nSPS) is 11.0. The maximum atomic E-state index is 12.7. The van der Waals surface area contributed by atoms with Crippen LogP contribution >= 0.6 is 0 Å². The van der Waals surface area contributed by atoms with Gasteiger partial charge in [-0.15, -0.1) is 0 Å². The number of imidazole rings is 1. The number of amides is 1. The molecule has 1 amide bonds. The van der Waals surface area contributed by atoms with Crippen molar-refractivity contribution in [1.82, 2.24) is 19.5 Å². The third kappa shape index (κ3) is 3.66. The molecule has 0 radical (unpaired) electrons. The van der Waals surface area contributed by atoms with Gasteiger partial charge in [-0.25, -0.2) is 14.2 Å². The van der Waals surface area contributed by atoms with E-state index in [0.717, 1.165) is 10.2 Å². The molecule has 0 saturated heterocycles. The lowest BCUT2D eigenvalue weighted by molar-refractivity contribution is -0.135. The van der Waals surface area contributed by atoms with Gasteiger partial charge in [-0.2, -0.15) is 0 Å². The number of rotatable bonds is 6. The van der Waals surface area contributed by atoms with Crippen molar-refractivity contribution < 1.29 is 24.5 Å². The Balaban J connectivity index is 1.75. The smallest absolute Gasteiger partial charge is 0.322 e. The number of aliphatic carboxylic acids is 1. The van der Waals surface area contributed by atoms with Crippen LogP contribution in [0.15, 0.2) is 53.3 Å². The number of aromatic hydroxyl groups is 1. The summed E-state index contributed by atoms with van der Waals surface area (Å²) < 4.78 is 8.30. The molecular weight excluding hydrogens is 404 g/mol. The van der Waals surface area contributed by atoms with E-state index in [4.69, 9.17) is 9.84 Å². The number of carboxylic acids is 1. The van der Waals surface area contributed by atoms with Gasteiger partial charge in [-0.3, -0.25) is 14.4 Å². The fourth-order valence-electron chi connectivity index (χ4n) is 3.25. The summed E-state index contributed by atoms with van der Waals surface area (Å²) in [6.07, 6.45) is 0. The molecule has 10 nitrogen and oxygen atoms in total. The van der Waals surface area contributed by atoms with E-state index < -0.39 is 35.3 Å². The van der Waals surface area contributed by atoms with Crippen LogP contribution in [-0.2, 0) is 18.4 Å². The summed E-state index contributed by atoms with van der Waals surface area (Å²) >= 11 is 0. The van der Waals surface area contributed by atoms with Crippen molar-refractivity contribution >= 4 is 28.6 Å². The van der Waals surface area contributed by atoms with Gasteiger partial charge in [0.05, 0.1) is 11.0 Å². The van der Waals surface area contributed by atoms with E-state index in [0.29, 0.717) is 23.4 Å². The predicted molar refractivity (Wildman–Crippen MR) is 110 cm³/mol. The average molecular weight is 422 g/mol. The van der Waals surface area contributed by atoms with Crippen LogP contribution < -0.4 is 15.6 Å². The van der Waals surface area contributed by atoms with E-state index in [2.05, 4.69) is 10.3 Å². The van der Waals surface area contributed by atoms with E-state index in [1.54, 1.807) is 18.2 Å². The molecule has 10 heteroatoms. The average Bonchev–Trinajstić information content (AvgIpc) is 3.15. The van der Waals surface area contributed by atoms with Crippen molar-refractivity contribution in [2.75, 3.05) is 6.54 Å². The van der Waals surface area contributed by atoms with E-state index in [1.807, 2.05) is 30.3 Å². The summed E-state index contributed by atoms with van der Waals surface area (Å²) in [7, 11) is 1.42. The molecule has 3 N–H and O–H groups in total. The van der Waals surface area contributed by atoms with Gasteiger partial charge < -0.3 is 20.3 Å². The number of aryl methyl sites for hydroxylation is 1. The van der Waals surface area contributed by atoms with Gasteiger partial charge in [0.25, 0.3) is 11.5 Å². The monoisotopic (exact) mass is 422 g/mol. The second-order valence-electron chi connectivity index (χ2n) is 6.80. The zero-order valence-electron chi connectivity index (χ0n) is 16.4. The summed E-state index contributed by atoms with van der Waals surface area (Å²) in [5, 5.41) is 21.4. The Morgan fingerprint density at radius 2 is 1.90 bits per heavy atom. The number of hydrogen-bond donors (Lipinski definition) is 3. The van der Waals surface area contributed by atoms with Crippen LogP contribution in [0.25, 0.3) is 16.7 Å². The topological polar surface area (TPSA) is 135 Å². The first-order chi connectivity index (χ1) is 14.9. The Morgan fingerprint density at radius 3 is 2.61 bits per heavy atom. The van der Waals surface area contributed by atoms with Crippen LogP contribution in [0.3, 0.4) is 0 Å². The third-order valence-electron chi connectivity index (χ3n) is 4.73. The highest BCUT2D eigenvalue weighted by atomic mass is 16.5. The van der Waals surface area contributed by atoms with Gasteiger partial charge in [0.1, 0.15) is 18.9 Å². The maximum absolute atomic E-state index is 12.7. The largest absolute Gasteiger partial charge is 0.504 e. The number of aromatic nitrogens is 3. The maximum Gasteiger partial charge on any atom is 0.322 e. The molecule has 0 unspecified atom stereocenters. The Bertz CT molecular complexity index is 1370. The minimum absolute atomic E-state index is 0.0159. The summed E-state index contributed by atoms with van der Waals surface area (Å²) in [5.74, 6) is -2.36. The minimum Gasteiger partial charge on any atom is -0.504 e. The Labute approximate surface area is 174 Å². The van der Waals surface area contributed by atoms with E-state index in [-0.39, 0.29) is 5.65 Å². The molecule has 0 fully saturated rings. The highest BCUT2D eigenvalue weighted by molar-refractivity contribution is 6.00. The summed E-state index contributed by atoms with van der Waals surface area (Å²) in [6, 6.07) is 14.7. The van der Waals surface area contributed by atoms with Gasteiger partial charge >= 0.3 is 5.97 Å². The lowest BCUT2D eigenvalue weighted by Crippen LogP contribution is -2.36. The minimum atomic E-state index is -1.28. The van der Waals surface area contributed by atoms with Crippen molar-refractivity contribution in [3.8, 4) is 11.5 Å². The second-order valence-corrected chi connectivity index (χ2v) is 6.80. The zero-order chi connectivity index (χ0) is 22.1. The van der Waals surface area contributed by atoms with Crippen LogP contribution in [0.5, 0.6) is 11.5 Å². The molecule has 0 bridgehead atoms. The number of fused-ring (bicyclic) bond motifs is 3. The molecule has 158 valence electrons. The van der Waals surface area contributed by atoms with Crippen LogP contribution in [0, 0.1) is 0 Å². The zero-order valence-corrected chi connectivity index (χ0v) is 16.4. The molecule has 0 atom stereocenters. The first kappa shape index (κ1) is 20.0. The van der Waals surface area contributed by atoms with Crippen molar-refractivity contribution in [2.45, 2.75) is 6.61 Å². The fourth-order valence-corrected chi connectivity index (χ4v) is 3.25. The number of nitrogens with one attached hydrogen (secondary N) is 1. The van der Waals surface area contributed by atoms with Gasteiger partial charge in [0.15, 0.2) is 17.0 Å².